The predicted molar refractivity (Wildman–Crippen MR) is 108 cm³/mol. The summed E-state index contributed by atoms with van der Waals surface area (Å²) in [5.41, 5.74) is 5.05. The molecule has 3 heteroatoms. The van der Waals surface area contributed by atoms with Crippen molar-refractivity contribution in [2.75, 3.05) is 0 Å². The summed E-state index contributed by atoms with van der Waals surface area (Å²) >= 11 is 0. The van der Waals surface area contributed by atoms with Crippen molar-refractivity contribution in [3.05, 3.63) is 100 Å². The van der Waals surface area contributed by atoms with Crippen LogP contribution in [0.25, 0.3) is 0 Å². The van der Waals surface area contributed by atoms with Crippen LogP contribution in [0.5, 0.6) is 5.75 Å². The van der Waals surface area contributed by atoms with E-state index in [4.69, 9.17) is 0 Å². The van der Waals surface area contributed by atoms with E-state index in [1.807, 2.05) is 0 Å². The second-order valence-corrected chi connectivity index (χ2v) is 6.67. The smallest absolute Gasteiger partial charge is 0.339 e. The lowest BCUT2D eigenvalue weighted by molar-refractivity contribution is 0.0693. The first-order chi connectivity index (χ1) is 13.0. The van der Waals surface area contributed by atoms with Crippen molar-refractivity contribution in [2.45, 2.75) is 32.6 Å². The highest BCUT2D eigenvalue weighted by atomic mass is 16.4. The summed E-state index contributed by atoms with van der Waals surface area (Å²) in [5.74, 6) is -1.54. The number of carboxylic acid groups (broad SMARTS) is 1. The van der Waals surface area contributed by atoms with Gasteiger partial charge in [0.05, 0.1) is 0 Å². The zero-order valence-corrected chi connectivity index (χ0v) is 15.6. The zero-order valence-electron chi connectivity index (χ0n) is 15.6. The van der Waals surface area contributed by atoms with Crippen LogP contribution in [0.4, 0.5) is 0 Å². The van der Waals surface area contributed by atoms with Gasteiger partial charge in [-0.3, -0.25) is 0 Å². The van der Waals surface area contributed by atoms with Crippen LogP contribution < -0.4 is 0 Å². The Bertz CT molecular complexity index is 877. The first-order valence-electron chi connectivity index (χ1n) is 9.28. The van der Waals surface area contributed by atoms with Crippen molar-refractivity contribution in [1.29, 1.82) is 0 Å². The van der Waals surface area contributed by atoms with Crippen LogP contribution in [0.2, 0.25) is 0 Å². The minimum absolute atomic E-state index is 0.0761. The Morgan fingerprint density at radius 2 is 1.30 bits per heavy atom. The second kappa shape index (κ2) is 8.09. The Morgan fingerprint density at radius 1 is 0.815 bits per heavy atom. The molecule has 3 rings (SSSR count). The molecule has 3 aromatic rings. The lowest BCUT2D eigenvalue weighted by atomic mass is 9.83. The maximum atomic E-state index is 11.5. The van der Waals surface area contributed by atoms with Gasteiger partial charge in [-0.25, -0.2) is 4.79 Å². The standard InChI is InChI=1S/C24H24O3/c1-3-16-8-12-18(13-9-16)22(19-14-10-17(4-2)11-15-19)20-6-5-7-21(23(20)25)24(26)27/h5-15,22,25H,3-4H2,1-2H3,(H,26,27). The number of aryl methyl sites for hydroxylation is 2. The maximum absolute atomic E-state index is 11.5. The molecule has 0 spiro atoms. The Labute approximate surface area is 159 Å². The molecule has 0 aliphatic rings. The van der Waals surface area contributed by atoms with E-state index in [0.29, 0.717) is 5.56 Å². The normalized spacial score (nSPS) is 10.9. The first kappa shape index (κ1) is 18.7. The molecule has 0 aromatic heterocycles. The van der Waals surface area contributed by atoms with E-state index >= 15 is 0 Å². The van der Waals surface area contributed by atoms with E-state index in [2.05, 4.69) is 62.4 Å². The van der Waals surface area contributed by atoms with Gasteiger partial charge >= 0.3 is 5.97 Å². The number of benzene rings is 3. The van der Waals surface area contributed by atoms with Crippen LogP contribution >= 0.6 is 0 Å². The Kier molecular flexibility index (Phi) is 5.60. The van der Waals surface area contributed by atoms with Crippen LogP contribution in [0.3, 0.4) is 0 Å². The summed E-state index contributed by atoms with van der Waals surface area (Å²) in [5, 5.41) is 20.1. The summed E-state index contributed by atoms with van der Waals surface area (Å²) in [4.78, 5) is 11.5. The molecule has 0 saturated carbocycles. The predicted octanol–water partition coefficient (Wildman–Crippen LogP) is 5.40. The van der Waals surface area contributed by atoms with E-state index in [1.165, 1.54) is 17.2 Å². The molecule has 0 aliphatic carbocycles. The lowest BCUT2D eigenvalue weighted by Gasteiger charge is -2.21. The van der Waals surface area contributed by atoms with Crippen molar-refractivity contribution in [2.24, 2.45) is 0 Å². The van der Waals surface area contributed by atoms with Crippen LogP contribution in [0, 0.1) is 0 Å². The van der Waals surface area contributed by atoms with Gasteiger partial charge in [-0.15, -0.1) is 0 Å². The average molecular weight is 360 g/mol. The quantitative estimate of drug-likeness (QED) is 0.579. The van der Waals surface area contributed by atoms with Gasteiger partial charge in [-0.2, -0.15) is 0 Å². The van der Waals surface area contributed by atoms with Crippen LogP contribution in [0.15, 0.2) is 66.7 Å². The monoisotopic (exact) mass is 360 g/mol. The molecule has 0 radical (unpaired) electrons. The highest BCUT2D eigenvalue weighted by Crippen LogP contribution is 2.38. The SMILES string of the molecule is CCc1ccc(C(c2ccc(CC)cc2)c2cccc(C(=O)O)c2O)cc1. The molecule has 0 atom stereocenters. The molecule has 0 bridgehead atoms. The number of carboxylic acids is 1. The molecule has 138 valence electrons. The van der Waals surface area contributed by atoms with Gasteiger partial charge in [0.1, 0.15) is 11.3 Å². The molecular formula is C24H24O3. The number of aromatic hydroxyl groups is 1. The van der Waals surface area contributed by atoms with Gasteiger partial charge in [-0.1, -0.05) is 74.5 Å². The van der Waals surface area contributed by atoms with E-state index in [-0.39, 0.29) is 17.2 Å². The lowest BCUT2D eigenvalue weighted by Crippen LogP contribution is -2.07. The summed E-state index contributed by atoms with van der Waals surface area (Å²) in [6, 6.07) is 21.5. The van der Waals surface area contributed by atoms with E-state index in [1.54, 1.807) is 12.1 Å². The molecule has 0 heterocycles. The number of carbonyl (C=O) groups is 1. The second-order valence-electron chi connectivity index (χ2n) is 6.67. The summed E-state index contributed by atoms with van der Waals surface area (Å²) in [6.45, 7) is 4.22. The molecular weight excluding hydrogens is 336 g/mol. The average Bonchev–Trinajstić information content (AvgIpc) is 2.70. The largest absolute Gasteiger partial charge is 0.507 e. The molecule has 27 heavy (non-hydrogen) atoms. The highest BCUT2D eigenvalue weighted by molar-refractivity contribution is 5.91. The highest BCUT2D eigenvalue weighted by Gasteiger charge is 2.23. The third-order valence-corrected chi connectivity index (χ3v) is 5.05. The van der Waals surface area contributed by atoms with Crippen molar-refractivity contribution in [1.82, 2.24) is 0 Å². The number of phenols is 1. The minimum atomic E-state index is -1.13. The molecule has 0 unspecified atom stereocenters. The molecule has 3 aromatic carbocycles. The molecule has 3 nitrogen and oxygen atoms in total. The van der Waals surface area contributed by atoms with Gasteiger partial charge in [0.15, 0.2) is 0 Å². The number of rotatable bonds is 6. The first-order valence-corrected chi connectivity index (χ1v) is 9.28. The van der Waals surface area contributed by atoms with E-state index in [0.717, 1.165) is 24.0 Å². The maximum Gasteiger partial charge on any atom is 0.339 e. The van der Waals surface area contributed by atoms with Crippen LogP contribution in [-0.4, -0.2) is 16.2 Å². The summed E-state index contributed by atoms with van der Waals surface area (Å²) < 4.78 is 0. The van der Waals surface area contributed by atoms with Crippen LogP contribution in [0.1, 0.15) is 57.9 Å². The molecule has 0 fully saturated rings. The van der Waals surface area contributed by atoms with Gasteiger partial charge in [0.25, 0.3) is 0 Å². The van der Waals surface area contributed by atoms with Crippen LogP contribution in [-0.2, 0) is 12.8 Å². The Morgan fingerprint density at radius 3 is 1.70 bits per heavy atom. The van der Waals surface area contributed by atoms with Crippen molar-refractivity contribution >= 4 is 5.97 Å². The minimum Gasteiger partial charge on any atom is -0.507 e. The topological polar surface area (TPSA) is 57.5 Å². The van der Waals surface area contributed by atoms with Gasteiger partial charge in [0.2, 0.25) is 0 Å². The zero-order chi connectivity index (χ0) is 19.4. The number of hydrogen-bond donors (Lipinski definition) is 2. The van der Waals surface area contributed by atoms with Crippen molar-refractivity contribution in [3.8, 4) is 5.75 Å². The van der Waals surface area contributed by atoms with E-state index in [9.17, 15) is 15.0 Å². The summed E-state index contributed by atoms with van der Waals surface area (Å²) in [6.07, 6.45) is 1.91. The third kappa shape index (κ3) is 3.87. The van der Waals surface area contributed by atoms with Gasteiger partial charge in [0, 0.05) is 11.5 Å². The number of aromatic carboxylic acids is 1. The fourth-order valence-corrected chi connectivity index (χ4v) is 3.41. The van der Waals surface area contributed by atoms with Gasteiger partial charge < -0.3 is 10.2 Å². The van der Waals surface area contributed by atoms with Crippen molar-refractivity contribution in [3.63, 3.8) is 0 Å². The fraction of sp³-hybridized carbons (Fsp3) is 0.208. The number of hydrogen-bond acceptors (Lipinski definition) is 2. The molecule has 0 aliphatic heterocycles. The van der Waals surface area contributed by atoms with Crippen molar-refractivity contribution < 1.29 is 15.0 Å². The summed E-state index contributed by atoms with van der Waals surface area (Å²) in [7, 11) is 0. The Hall–Kier alpha value is -3.07. The molecule has 0 saturated heterocycles. The third-order valence-electron chi connectivity index (χ3n) is 5.05. The Balaban J connectivity index is 2.17. The fourth-order valence-electron chi connectivity index (χ4n) is 3.41. The van der Waals surface area contributed by atoms with E-state index < -0.39 is 5.97 Å². The van der Waals surface area contributed by atoms with Gasteiger partial charge in [-0.05, 0) is 41.2 Å². The number of para-hydroxylation sites is 1. The molecule has 2 N–H and O–H groups in total. The molecule has 0 amide bonds.